The highest BCUT2D eigenvalue weighted by molar-refractivity contribution is 9.10. The molecule has 1 atom stereocenters. The fraction of sp³-hybridized carbons (Fsp3) is 0.212. The molecule has 0 saturated heterocycles. The van der Waals surface area contributed by atoms with Crippen molar-refractivity contribution in [2.45, 2.75) is 30.8 Å². The Morgan fingerprint density at radius 2 is 1.57 bits per heavy atom. The van der Waals surface area contributed by atoms with Crippen molar-refractivity contribution < 1.29 is 22.7 Å². The molecule has 0 fully saturated rings. The van der Waals surface area contributed by atoms with E-state index in [2.05, 4.69) is 21.2 Å². The summed E-state index contributed by atoms with van der Waals surface area (Å²) >= 11 is 9.53. The predicted molar refractivity (Wildman–Crippen MR) is 176 cm³/mol. The first-order valence-electron chi connectivity index (χ1n) is 13.9. The van der Waals surface area contributed by atoms with E-state index in [-0.39, 0.29) is 36.1 Å². The predicted octanol–water partition coefficient (Wildman–Crippen LogP) is 6.08. The van der Waals surface area contributed by atoms with Crippen molar-refractivity contribution in [2.75, 3.05) is 24.5 Å². The van der Waals surface area contributed by atoms with Crippen LogP contribution in [-0.2, 0) is 32.6 Å². The summed E-state index contributed by atoms with van der Waals surface area (Å²) in [5.74, 6) is -0.650. The molecule has 2 amide bonds. The van der Waals surface area contributed by atoms with Gasteiger partial charge in [-0.15, -0.1) is 0 Å². The molecule has 0 heterocycles. The number of hydrogen-bond donors (Lipinski definition) is 1. The molecule has 0 radical (unpaired) electrons. The van der Waals surface area contributed by atoms with Gasteiger partial charge >= 0.3 is 0 Å². The topological polar surface area (TPSA) is 96.0 Å². The van der Waals surface area contributed by atoms with Crippen molar-refractivity contribution in [1.29, 1.82) is 0 Å². The third-order valence-electron chi connectivity index (χ3n) is 6.87. The number of carbonyl (C=O) groups excluding carboxylic acids is 2. The van der Waals surface area contributed by atoms with Crippen molar-refractivity contribution in [3.05, 3.63) is 124 Å². The summed E-state index contributed by atoms with van der Waals surface area (Å²) < 4.78 is 36.0. The van der Waals surface area contributed by atoms with Gasteiger partial charge in [0, 0.05) is 29.5 Å². The quantitative estimate of drug-likeness (QED) is 0.183. The van der Waals surface area contributed by atoms with E-state index in [0.717, 1.165) is 19.9 Å². The molecule has 0 saturated carbocycles. The van der Waals surface area contributed by atoms with Crippen LogP contribution in [0.25, 0.3) is 0 Å². The van der Waals surface area contributed by atoms with E-state index in [1.54, 1.807) is 31.2 Å². The van der Waals surface area contributed by atoms with Crippen molar-refractivity contribution >= 4 is 55.1 Å². The standard InChI is InChI=1S/C33H33BrClN3O5S/c1-3-43-31-15-8-7-14-29(31)38(44(41,42)28-18-16-27(35)17-19-28)23-32(39)37(22-25-12-9-13-26(34)20-25)30(33(40)36-2)21-24-10-5-4-6-11-24/h4-20,30H,3,21-23H2,1-2H3,(H,36,40)/t30-/m0/s1. The lowest BCUT2D eigenvalue weighted by Crippen LogP contribution is -2.53. The third kappa shape index (κ3) is 8.19. The van der Waals surface area contributed by atoms with Crippen molar-refractivity contribution in [1.82, 2.24) is 10.2 Å². The minimum atomic E-state index is -4.29. The number of ether oxygens (including phenoxy) is 1. The zero-order chi connectivity index (χ0) is 31.7. The van der Waals surface area contributed by atoms with Gasteiger partial charge in [-0.3, -0.25) is 13.9 Å². The number of para-hydroxylation sites is 2. The van der Waals surface area contributed by atoms with E-state index >= 15 is 0 Å². The molecule has 4 rings (SSSR count). The maximum Gasteiger partial charge on any atom is 0.264 e. The summed E-state index contributed by atoms with van der Waals surface area (Å²) in [6.45, 7) is 1.54. The van der Waals surface area contributed by atoms with Crippen LogP contribution in [0.3, 0.4) is 0 Å². The normalized spacial score (nSPS) is 11.8. The molecule has 0 aliphatic rings. The van der Waals surface area contributed by atoms with Crippen LogP contribution in [0, 0.1) is 0 Å². The number of nitrogens with one attached hydrogen (secondary N) is 1. The van der Waals surface area contributed by atoms with Gasteiger partial charge in [0.05, 0.1) is 17.2 Å². The maximum absolute atomic E-state index is 14.4. The Morgan fingerprint density at radius 1 is 0.909 bits per heavy atom. The van der Waals surface area contributed by atoms with Crippen molar-refractivity contribution in [3.63, 3.8) is 0 Å². The highest BCUT2D eigenvalue weighted by Gasteiger charge is 2.35. The molecule has 11 heteroatoms. The summed E-state index contributed by atoms with van der Waals surface area (Å²) in [7, 11) is -2.78. The Kier molecular flexibility index (Phi) is 11.4. The zero-order valence-electron chi connectivity index (χ0n) is 24.3. The fourth-order valence-electron chi connectivity index (χ4n) is 4.74. The first-order valence-corrected chi connectivity index (χ1v) is 16.5. The van der Waals surface area contributed by atoms with Crippen LogP contribution in [0.15, 0.2) is 112 Å². The minimum Gasteiger partial charge on any atom is -0.492 e. The second kappa shape index (κ2) is 15.2. The monoisotopic (exact) mass is 697 g/mol. The molecule has 4 aromatic rings. The molecule has 8 nitrogen and oxygen atoms in total. The largest absolute Gasteiger partial charge is 0.492 e. The van der Waals surface area contributed by atoms with Crippen LogP contribution in [0.2, 0.25) is 5.02 Å². The molecule has 0 unspecified atom stereocenters. The summed E-state index contributed by atoms with van der Waals surface area (Å²) in [5, 5.41) is 3.05. The van der Waals surface area contributed by atoms with Crippen LogP contribution < -0.4 is 14.4 Å². The highest BCUT2D eigenvalue weighted by Crippen LogP contribution is 2.33. The second-order valence-corrected chi connectivity index (χ2v) is 13.1. The Labute approximate surface area is 271 Å². The number of hydrogen-bond acceptors (Lipinski definition) is 5. The highest BCUT2D eigenvalue weighted by atomic mass is 79.9. The van der Waals surface area contributed by atoms with Gasteiger partial charge in [0.2, 0.25) is 11.8 Å². The first kappa shape index (κ1) is 33.0. The summed E-state index contributed by atoms with van der Waals surface area (Å²) in [4.78, 5) is 29.2. The number of likely N-dealkylation sites (N-methyl/N-ethyl adjacent to an activating group) is 1. The molecule has 0 bridgehead atoms. The number of amides is 2. The molecule has 4 aromatic carbocycles. The van der Waals surface area contributed by atoms with Crippen LogP contribution in [0.4, 0.5) is 5.69 Å². The van der Waals surface area contributed by atoms with Crippen LogP contribution in [0.1, 0.15) is 18.1 Å². The first-order chi connectivity index (χ1) is 21.1. The zero-order valence-corrected chi connectivity index (χ0v) is 27.5. The number of halogens is 2. The van der Waals surface area contributed by atoms with Crippen LogP contribution in [-0.4, -0.2) is 51.4 Å². The number of nitrogens with zero attached hydrogens (tertiary/aromatic N) is 2. The molecule has 0 aliphatic carbocycles. The molecule has 1 N–H and O–H groups in total. The summed E-state index contributed by atoms with van der Waals surface area (Å²) in [6, 6.07) is 28.2. The van der Waals surface area contributed by atoms with Gasteiger partial charge in [-0.25, -0.2) is 8.42 Å². The van der Waals surface area contributed by atoms with Crippen LogP contribution >= 0.6 is 27.5 Å². The van der Waals surface area contributed by atoms with E-state index in [0.29, 0.717) is 10.8 Å². The lowest BCUT2D eigenvalue weighted by Gasteiger charge is -2.34. The average molecular weight is 699 g/mol. The molecule has 230 valence electrons. The van der Waals surface area contributed by atoms with Crippen molar-refractivity contribution in [3.8, 4) is 5.75 Å². The lowest BCUT2D eigenvalue weighted by molar-refractivity contribution is -0.139. The Balaban J connectivity index is 1.82. The van der Waals surface area contributed by atoms with E-state index in [4.69, 9.17) is 16.3 Å². The Morgan fingerprint density at radius 3 is 2.23 bits per heavy atom. The molecular formula is C33H33BrClN3O5S. The lowest BCUT2D eigenvalue weighted by atomic mass is 10.0. The van der Waals surface area contributed by atoms with Crippen LogP contribution in [0.5, 0.6) is 5.75 Å². The van der Waals surface area contributed by atoms with Gasteiger partial charge in [0.25, 0.3) is 10.0 Å². The second-order valence-electron chi connectivity index (χ2n) is 9.84. The van der Waals surface area contributed by atoms with E-state index in [9.17, 15) is 18.0 Å². The molecule has 44 heavy (non-hydrogen) atoms. The van der Waals surface area contributed by atoms with E-state index < -0.39 is 28.5 Å². The molecule has 0 aliphatic heterocycles. The molecule has 0 spiro atoms. The third-order valence-corrected chi connectivity index (χ3v) is 9.39. The SMILES string of the molecule is CCOc1ccccc1N(CC(=O)N(Cc1cccc(Br)c1)[C@@H](Cc1ccccc1)C(=O)NC)S(=O)(=O)c1ccc(Cl)cc1. The van der Waals surface area contributed by atoms with Crippen molar-refractivity contribution in [2.24, 2.45) is 0 Å². The average Bonchev–Trinajstić information content (AvgIpc) is 3.02. The molecular weight excluding hydrogens is 666 g/mol. The molecule has 0 aromatic heterocycles. The van der Waals surface area contributed by atoms with E-state index in [1.807, 2.05) is 54.6 Å². The van der Waals surface area contributed by atoms with E-state index in [1.165, 1.54) is 36.2 Å². The smallest absolute Gasteiger partial charge is 0.264 e. The van der Waals surface area contributed by atoms with Gasteiger partial charge in [-0.1, -0.05) is 82.1 Å². The van der Waals surface area contributed by atoms with Gasteiger partial charge < -0.3 is 15.0 Å². The number of carbonyl (C=O) groups is 2. The minimum absolute atomic E-state index is 0.0494. The number of sulfonamides is 1. The number of benzene rings is 4. The van der Waals surface area contributed by atoms with Gasteiger partial charge in [-0.2, -0.15) is 0 Å². The Hall–Kier alpha value is -3.86. The number of rotatable bonds is 13. The van der Waals surface area contributed by atoms with Gasteiger partial charge in [-0.05, 0) is 66.6 Å². The maximum atomic E-state index is 14.4. The van der Waals surface area contributed by atoms with Gasteiger partial charge in [0.1, 0.15) is 18.3 Å². The Bertz CT molecular complexity index is 1690. The van der Waals surface area contributed by atoms with Gasteiger partial charge in [0.15, 0.2) is 0 Å². The summed E-state index contributed by atoms with van der Waals surface area (Å²) in [5.41, 5.74) is 1.80. The number of anilines is 1. The summed E-state index contributed by atoms with van der Waals surface area (Å²) in [6.07, 6.45) is 0.222. The fourth-order valence-corrected chi connectivity index (χ4v) is 6.74.